The molecule has 228 valence electrons. The molecule has 0 saturated heterocycles. The van der Waals surface area contributed by atoms with E-state index in [0.717, 1.165) is 29.9 Å². The number of fused-ring (bicyclic) bond motifs is 4. The summed E-state index contributed by atoms with van der Waals surface area (Å²) in [4.78, 5) is 2.37. The van der Waals surface area contributed by atoms with Crippen LogP contribution in [0, 0.1) is 0 Å². The van der Waals surface area contributed by atoms with E-state index < -0.39 is 0 Å². The molecule has 0 aliphatic heterocycles. The zero-order valence-corrected chi connectivity index (χ0v) is 27.3. The Kier molecular flexibility index (Phi) is 7.22. The molecule has 0 unspecified atom stereocenters. The van der Waals surface area contributed by atoms with Gasteiger partial charge in [-0.15, -0.1) is 11.3 Å². The van der Waals surface area contributed by atoms with Crippen LogP contribution >= 0.6 is 11.3 Å². The third-order valence-electron chi connectivity index (χ3n) is 9.56. The molecule has 1 aliphatic carbocycles. The van der Waals surface area contributed by atoms with E-state index in [4.69, 9.17) is 0 Å². The van der Waals surface area contributed by atoms with Crippen LogP contribution in [-0.2, 0) is 0 Å². The smallest absolute Gasteiger partial charge is 0.0468 e. The van der Waals surface area contributed by atoms with Crippen molar-refractivity contribution < 1.29 is 0 Å². The van der Waals surface area contributed by atoms with Crippen LogP contribution in [-0.4, -0.2) is 0 Å². The van der Waals surface area contributed by atoms with Crippen molar-refractivity contribution in [1.29, 1.82) is 0 Å². The van der Waals surface area contributed by atoms with E-state index in [0.29, 0.717) is 0 Å². The molecule has 2 heteroatoms. The van der Waals surface area contributed by atoms with Gasteiger partial charge in [-0.3, -0.25) is 0 Å². The zero-order valence-electron chi connectivity index (χ0n) is 26.5. The van der Waals surface area contributed by atoms with Crippen LogP contribution in [0.3, 0.4) is 0 Å². The molecular formula is C46H33NS. The molecule has 9 rings (SSSR count). The van der Waals surface area contributed by atoms with E-state index in [-0.39, 0.29) is 0 Å². The molecule has 1 aliphatic rings. The predicted molar refractivity (Wildman–Crippen MR) is 207 cm³/mol. The lowest BCUT2D eigenvalue weighted by molar-refractivity contribution is 1.09. The van der Waals surface area contributed by atoms with Gasteiger partial charge >= 0.3 is 0 Å². The monoisotopic (exact) mass is 631 g/mol. The third kappa shape index (κ3) is 5.12. The lowest BCUT2D eigenvalue weighted by Crippen LogP contribution is -2.25. The van der Waals surface area contributed by atoms with Crippen molar-refractivity contribution in [3.8, 4) is 22.3 Å². The Bertz CT molecular complexity index is 2540. The highest BCUT2D eigenvalue weighted by Crippen LogP contribution is 2.39. The number of rotatable bonds is 6. The van der Waals surface area contributed by atoms with Crippen molar-refractivity contribution in [2.75, 3.05) is 4.90 Å². The highest BCUT2D eigenvalue weighted by atomic mass is 32.1. The second-order valence-electron chi connectivity index (χ2n) is 12.4. The number of nitrogens with zero attached hydrogens (tertiary/aromatic N) is 1. The Balaban J connectivity index is 1.14. The van der Waals surface area contributed by atoms with Crippen LogP contribution in [0.15, 0.2) is 170 Å². The fraction of sp³-hybridized carbons (Fsp3) is 0.0435. The molecule has 0 fully saturated rings. The topological polar surface area (TPSA) is 3.24 Å². The van der Waals surface area contributed by atoms with Crippen molar-refractivity contribution in [2.24, 2.45) is 0 Å². The van der Waals surface area contributed by atoms with Crippen LogP contribution in [0.5, 0.6) is 0 Å². The molecular weight excluding hydrogens is 599 g/mol. The van der Waals surface area contributed by atoms with E-state index in [1.165, 1.54) is 64.0 Å². The van der Waals surface area contributed by atoms with Gasteiger partial charge in [-0.2, -0.15) is 0 Å². The molecule has 0 amide bonds. The first-order valence-electron chi connectivity index (χ1n) is 16.7. The maximum atomic E-state index is 2.43. The molecule has 0 radical (unpaired) electrons. The zero-order chi connectivity index (χ0) is 31.9. The number of thiophene rings is 1. The normalized spacial score (nSPS) is 12.5. The minimum atomic E-state index is 1.06. The molecule has 0 atom stereocenters. The quantitative estimate of drug-likeness (QED) is 0.176. The van der Waals surface area contributed by atoms with Crippen LogP contribution < -0.4 is 14.7 Å². The molecule has 0 spiro atoms. The van der Waals surface area contributed by atoms with Crippen molar-refractivity contribution in [1.82, 2.24) is 0 Å². The number of hydrogen-bond acceptors (Lipinski definition) is 2. The second kappa shape index (κ2) is 12.2. The third-order valence-corrected chi connectivity index (χ3v) is 10.8. The Morgan fingerprint density at radius 1 is 0.458 bits per heavy atom. The van der Waals surface area contributed by atoms with Gasteiger partial charge in [-0.25, -0.2) is 0 Å². The summed E-state index contributed by atoms with van der Waals surface area (Å²) in [5, 5.41) is 5.26. The largest absolute Gasteiger partial charge is 0.310 e. The molecule has 0 saturated carbocycles. The number of benzene rings is 7. The summed E-state index contributed by atoms with van der Waals surface area (Å²) in [6.07, 6.45) is 4.56. The summed E-state index contributed by atoms with van der Waals surface area (Å²) in [5.74, 6) is 0. The molecule has 8 aromatic rings. The molecule has 48 heavy (non-hydrogen) atoms. The Morgan fingerprint density at radius 3 is 1.85 bits per heavy atom. The lowest BCUT2D eigenvalue weighted by atomic mass is 9.90. The molecule has 0 N–H and O–H groups in total. The first-order valence-corrected chi connectivity index (χ1v) is 17.5. The van der Waals surface area contributed by atoms with Gasteiger partial charge in [0.15, 0.2) is 0 Å². The summed E-state index contributed by atoms with van der Waals surface area (Å²) in [6.45, 7) is 0. The average molecular weight is 632 g/mol. The Morgan fingerprint density at radius 2 is 1.06 bits per heavy atom. The van der Waals surface area contributed by atoms with Crippen molar-refractivity contribution in [3.63, 3.8) is 0 Å². The van der Waals surface area contributed by atoms with Crippen LogP contribution in [0.25, 0.3) is 54.8 Å². The van der Waals surface area contributed by atoms with Crippen LogP contribution in [0.2, 0.25) is 0 Å². The van der Waals surface area contributed by atoms with Crippen molar-refractivity contribution in [2.45, 2.75) is 12.8 Å². The second-order valence-corrected chi connectivity index (χ2v) is 13.5. The first kappa shape index (κ1) is 28.5. The fourth-order valence-electron chi connectivity index (χ4n) is 7.21. The highest BCUT2D eigenvalue weighted by Gasteiger charge is 2.17. The SMILES string of the molecule is C1=c2c(sc3ccccc23)=C(c2ccccc2-c2ccc(N(c3ccc(-c4ccccc4)cc3)c3ccc4ccccc4c3)cc2)CC1. The predicted octanol–water partition coefficient (Wildman–Crippen LogP) is 11.6. The molecule has 0 bridgehead atoms. The number of hydrogen-bond donors (Lipinski definition) is 0. The maximum Gasteiger partial charge on any atom is 0.0468 e. The minimum Gasteiger partial charge on any atom is -0.310 e. The van der Waals surface area contributed by atoms with E-state index in [9.17, 15) is 0 Å². The van der Waals surface area contributed by atoms with Gasteiger partial charge in [0.2, 0.25) is 0 Å². The van der Waals surface area contributed by atoms with Gasteiger partial charge < -0.3 is 4.90 Å². The number of anilines is 3. The average Bonchev–Trinajstić information content (AvgIpc) is 3.55. The van der Waals surface area contributed by atoms with E-state index in [1.54, 1.807) is 0 Å². The van der Waals surface area contributed by atoms with Gasteiger partial charge in [0.05, 0.1) is 0 Å². The fourth-order valence-corrected chi connectivity index (χ4v) is 8.50. The van der Waals surface area contributed by atoms with Gasteiger partial charge in [-0.1, -0.05) is 133 Å². The first-order chi connectivity index (χ1) is 23.8. The molecule has 1 nitrogen and oxygen atoms in total. The summed E-state index contributed by atoms with van der Waals surface area (Å²) in [6, 6.07) is 61.8. The van der Waals surface area contributed by atoms with Crippen LogP contribution in [0.1, 0.15) is 18.4 Å². The van der Waals surface area contributed by atoms with Gasteiger partial charge in [-0.05, 0) is 110 Å². The summed E-state index contributed by atoms with van der Waals surface area (Å²) in [7, 11) is 0. The Hall–Kier alpha value is -5.70. The molecule has 1 aromatic heterocycles. The van der Waals surface area contributed by atoms with Crippen molar-refractivity contribution in [3.05, 3.63) is 185 Å². The van der Waals surface area contributed by atoms with E-state index in [1.807, 2.05) is 11.3 Å². The van der Waals surface area contributed by atoms with Crippen LogP contribution in [0.4, 0.5) is 17.1 Å². The molecule has 7 aromatic carbocycles. The van der Waals surface area contributed by atoms with E-state index >= 15 is 0 Å². The van der Waals surface area contributed by atoms with Gasteiger partial charge in [0.1, 0.15) is 0 Å². The molecule has 1 heterocycles. The highest BCUT2D eigenvalue weighted by molar-refractivity contribution is 7.17. The minimum absolute atomic E-state index is 1.06. The van der Waals surface area contributed by atoms with Gasteiger partial charge in [0, 0.05) is 26.3 Å². The summed E-state index contributed by atoms with van der Waals surface area (Å²) >= 11 is 1.93. The standard InChI is InChI=1S/C46H33NS/c1-2-11-32(12-3-1)34-21-26-37(27-22-34)47(39-30-23-33-13-4-5-14-36(33)31-39)38-28-24-35(25-29-38)40-15-6-7-16-41(40)43-18-10-19-44-42-17-8-9-20-45(42)48-46(43)44/h1-9,11-17,19-31H,10,18H2. The van der Waals surface area contributed by atoms with Crippen molar-refractivity contribution >= 4 is 60.9 Å². The lowest BCUT2D eigenvalue weighted by Gasteiger charge is -2.26. The van der Waals surface area contributed by atoms with Gasteiger partial charge in [0.25, 0.3) is 0 Å². The van der Waals surface area contributed by atoms with E-state index in [2.05, 4.69) is 181 Å². The maximum absolute atomic E-state index is 2.43. The summed E-state index contributed by atoms with van der Waals surface area (Å²) in [5.41, 5.74) is 11.2. The summed E-state index contributed by atoms with van der Waals surface area (Å²) < 4.78 is 2.79. The Labute approximate surface area is 285 Å².